The molecule has 0 amide bonds. The average Bonchev–Trinajstić information content (AvgIpc) is 2.37. The van der Waals surface area contributed by atoms with Crippen LogP contribution in [-0.2, 0) is 5.75 Å². The molecule has 100 valence electrons. The second-order valence-corrected chi connectivity index (χ2v) is 5.88. The number of hydrogen-bond donors (Lipinski definition) is 1. The molecular formula is C14H16ClN3S. The number of thioether (sulfide) groups is 1. The molecule has 2 aromatic rings. The van der Waals surface area contributed by atoms with Crippen LogP contribution in [-0.4, -0.2) is 9.97 Å². The maximum Gasteiger partial charge on any atom is 0.131 e. The summed E-state index contributed by atoms with van der Waals surface area (Å²) >= 11 is 7.79. The molecule has 1 aromatic heterocycles. The molecule has 0 bridgehead atoms. The van der Waals surface area contributed by atoms with Crippen molar-refractivity contribution >= 4 is 29.2 Å². The molecule has 0 saturated heterocycles. The summed E-state index contributed by atoms with van der Waals surface area (Å²) < 4.78 is 0. The highest BCUT2D eigenvalue weighted by Crippen LogP contribution is 2.32. The van der Waals surface area contributed by atoms with Crippen molar-refractivity contribution in [2.45, 2.75) is 30.5 Å². The summed E-state index contributed by atoms with van der Waals surface area (Å²) in [6.07, 6.45) is 1.51. The van der Waals surface area contributed by atoms with Gasteiger partial charge < -0.3 is 5.73 Å². The Balaban J connectivity index is 2.21. The van der Waals surface area contributed by atoms with Crippen molar-refractivity contribution in [1.82, 2.24) is 9.97 Å². The molecule has 2 N–H and O–H groups in total. The van der Waals surface area contributed by atoms with Gasteiger partial charge in [-0.15, -0.1) is 11.8 Å². The Morgan fingerprint density at radius 3 is 2.68 bits per heavy atom. The molecule has 2 rings (SSSR count). The van der Waals surface area contributed by atoms with E-state index in [1.165, 1.54) is 6.33 Å². The lowest BCUT2D eigenvalue weighted by Gasteiger charge is -2.13. The van der Waals surface area contributed by atoms with Crippen molar-refractivity contribution in [3.63, 3.8) is 0 Å². The minimum absolute atomic E-state index is 0.301. The summed E-state index contributed by atoms with van der Waals surface area (Å²) in [5.41, 5.74) is 8.04. The van der Waals surface area contributed by atoms with Gasteiger partial charge in [0.15, 0.2) is 0 Å². The second-order valence-electron chi connectivity index (χ2n) is 4.51. The molecule has 0 unspecified atom stereocenters. The monoisotopic (exact) mass is 293 g/mol. The number of nitrogens with two attached hydrogens (primary N) is 1. The van der Waals surface area contributed by atoms with Crippen LogP contribution < -0.4 is 5.73 Å². The van der Waals surface area contributed by atoms with E-state index < -0.39 is 0 Å². The van der Waals surface area contributed by atoms with E-state index in [1.807, 2.05) is 24.3 Å². The van der Waals surface area contributed by atoms with E-state index in [4.69, 9.17) is 17.3 Å². The zero-order valence-corrected chi connectivity index (χ0v) is 12.5. The summed E-state index contributed by atoms with van der Waals surface area (Å²) in [6, 6.07) is 7.84. The molecular weight excluding hydrogens is 278 g/mol. The van der Waals surface area contributed by atoms with Crippen LogP contribution in [0, 0.1) is 0 Å². The van der Waals surface area contributed by atoms with Crippen molar-refractivity contribution in [3.8, 4) is 0 Å². The highest BCUT2D eigenvalue weighted by Gasteiger charge is 2.13. The Morgan fingerprint density at radius 2 is 2.00 bits per heavy atom. The normalized spacial score (nSPS) is 10.9. The fourth-order valence-electron chi connectivity index (χ4n) is 1.81. The quantitative estimate of drug-likeness (QED) is 0.680. The predicted octanol–water partition coefficient (Wildman–Crippen LogP) is 4.13. The van der Waals surface area contributed by atoms with Gasteiger partial charge in [-0.3, -0.25) is 0 Å². The van der Waals surface area contributed by atoms with Crippen molar-refractivity contribution in [1.29, 1.82) is 0 Å². The van der Waals surface area contributed by atoms with Gasteiger partial charge in [-0.1, -0.05) is 43.6 Å². The van der Waals surface area contributed by atoms with Crippen molar-refractivity contribution in [2.24, 2.45) is 0 Å². The summed E-state index contributed by atoms with van der Waals surface area (Å²) in [4.78, 5) is 8.40. The molecule has 0 radical (unpaired) electrons. The van der Waals surface area contributed by atoms with E-state index in [2.05, 4.69) is 23.8 Å². The lowest BCUT2D eigenvalue weighted by atomic mass is 10.1. The number of halogens is 1. The molecule has 1 heterocycles. The van der Waals surface area contributed by atoms with Crippen LogP contribution in [0.3, 0.4) is 0 Å². The first-order valence-electron chi connectivity index (χ1n) is 6.06. The van der Waals surface area contributed by atoms with Crippen molar-refractivity contribution in [3.05, 3.63) is 46.7 Å². The van der Waals surface area contributed by atoms with Crippen molar-refractivity contribution in [2.75, 3.05) is 5.73 Å². The van der Waals surface area contributed by atoms with E-state index >= 15 is 0 Å². The standard InChI is InChI=1S/C14H16ClN3S/c1-9(2)12-13(16)17-8-18-14(12)19-7-10-5-3-4-6-11(10)15/h3-6,8-9H,7H2,1-2H3,(H2,16,17,18). The number of rotatable bonds is 4. The van der Waals surface area contributed by atoms with Gasteiger partial charge >= 0.3 is 0 Å². The van der Waals surface area contributed by atoms with Gasteiger partial charge in [0.25, 0.3) is 0 Å². The van der Waals surface area contributed by atoms with Gasteiger partial charge in [0.1, 0.15) is 17.2 Å². The lowest BCUT2D eigenvalue weighted by Crippen LogP contribution is -2.03. The Hall–Kier alpha value is -1.26. The summed E-state index contributed by atoms with van der Waals surface area (Å²) in [5.74, 6) is 1.64. The first-order chi connectivity index (χ1) is 9.09. The number of nitrogen functional groups attached to an aromatic ring is 1. The van der Waals surface area contributed by atoms with E-state index in [-0.39, 0.29) is 0 Å². The average molecular weight is 294 g/mol. The first kappa shape index (κ1) is 14.2. The van der Waals surface area contributed by atoms with Crippen LogP contribution in [0.2, 0.25) is 5.02 Å². The smallest absolute Gasteiger partial charge is 0.131 e. The Kier molecular flexibility index (Phi) is 4.66. The van der Waals surface area contributed by atoms with Gasteiger partial charge in [-0.05, 0) is 17.5 Å². The van der Waals surface area contributed by atoms with Crippen LogP contribution in [0.5, 0.6) is 0 Å². The summed E-state index contributed by atoms with van der Waals surface area (Å²) in [7, 11) is 0. The molecule has 5 heteroatoms. The molecule has 0 fully saturated rings. The number of aromatic nitrogens is 2. The third-order valence-electron chi connectivity index (χ3n) is 2.78. The fourth-order valence-corrected chi connectivity index (χ4v) is 3.25. The van der Waals surface area contributed by atoms with Gasteiger partial charge in [0.05, 0.1) is 0 Å². The van der Waals surface area contributed by atoms with Gasteiger partial charge in [-0.25, -0.2) is 9.97 Å². The zero-order chi connectivity index (χ0) is 13.8. The topological polar surface area (TPSA) is 51.8 Å². The third-order valence-corrected chi connectivity index (χ3v) is 4.20. The maximum atomic E-state index is 6.15. The predicted molar refractivity (Wildman–Crippen MR) is 81.5 cm³/mol. The van der Waals surface area contributed by atoms with Crippen LogP contribution in [0.1, 0.15) is 30.9 Å². The van der Waals surface area contributed by atoms with Crippen molar-refractivity contribution < 1.29 is 0 Å². The molecule has 3 nitrogen and oxygen atoms in total. The zero-order valence-electron chi connectivity index (χ0n) is 10.9. The largest absolute Gasteiger partial charge is 0.383 e. The molecule has 19 heavy (non-hydrogen) atoms. The van der Waals surface area contributed by atoms with E-state index in [1.54, 1.807) is 11.8 Å². The SMILES string of the molecule is CC(C)c1c(N)ncnc1SCc1ccccc1Cl. The third kappa shape index (κ3) is 3.39. The highest BCUT2D eigenvalue weighted by molar-refractivity contribution is 7.98. The molecule has 1 aromatic carbocycles. The molecule has 0 aliphatic heterocycles. The molecule has 0 aliphatic rings. The van der Waals surface area contributed by atoms with Crippen LogP contribution in [0.25, 0.3) is 0 Å². The number of nitrogens with zero attached hydrogens (tertiary/aromatic N) is 2. The Labute approximate surface area is 122 Å². The minimum Gasteiger partial charge on any atom is -0.383 e. The number of anilines is 1. The highest BCUT2D eigenvalue weighted by atomic mass is 35.5. The summed E-state index contributed by atoms with van der Waals surface area (Å²) in [6.45, 7) is 4.18. The molecule has 0 spiro atoms. The van der Waals surface area contributed by atoms with E-state index in [0.717, 1.165) is 26.9 Å². The van der Waals surface area contributed by atoms with E-state index in [0.29, 0.717) is 11.7 Å². The minimum atomic E-state index is 0.301. The van der Waals surface area contributed by atoms with Gasteiger partial charge in [-0.2, -0.15) is 0 Å². The Bertz CT molecular complexity index is 572. The second kappa shape index (κ2) is 6.26. The number of benzene rings is 1. The Morgan fingerprint density at radius 1 is 1.26 bits per heavy atom. The van der Waals surface area contributed by atoms with Gasteiger partial charge in [0.2, 0.25) is 0 Å². The summed E-state index contributed by atoms with van der Waals surface area (Å²) in [5, 5.41) is 1.71. The van der Waals surface area contributed by atoms with Crippen LogP contribution in [0.15, 0.2) is 35.6 Å². The fraction of sp³-hybridized carbons (Fsp3) is 0.286. The van der Waals surface area contributed by atoms with Crippen LogP contribution >= 0.6 is 23.4 Å². The molecule has 0 atom stereocenters. The van der Waals surface area contributed by atoms with E-state index in [9.17, 15) is 0 Å². The first-order valence-corrected chi connectivity index (χ1v) is 7.42. The maximum absolute atomic E-state index is 6.15. The van der Waals surface area contributed by atoms with Gasteiger partial charge in [0, 0.05) is 16.3 Å². The number of hydrogen-bond acceptors (Lipinski definition) is 4. The molecule has 0 saturated carbocycles. The lowest BCUT2D eigenvalue weighted by molar-refractivity contribution is 0.808. The molecule has 0 aliphatic carbocycles. The van der Waals surface area contributed by atoms with Crippen LogP contribution in [0.4, 0.5) is 5.82 Å².